The van der Waals surface area contributed by atoms with Crippen LogP contribution in [-0.2, 0) is 13.2 Å². The van der Waals surface area contributed by atoms with Crippen molar-refractivity contribution in [1.82, 2.24) is 5.43 Å². The predicted octanol–water partition coefficient (Wildman–Crippen LogP) is 5.53. The van der Waals surface area contributed by atoms with Crippen LogP contribution in [0.1, 0.15) is 27.0 Å². The van der Waals surface area contributed by atoms with Crippen LogP contribution in [0, 0.1) is 10.1 Å². The maximum atomic E-state index is 12.5. The highest BCUT2D eigenvalue weighted by atomic mass is 16.6. The highest BCUT2D eigenvalue weighted by Gasteiger charge is 2.11. The second kappa shape index (κ2) is 12.7. The number of amides is 1. The summed E-state index contributed by atoms with van der Waals surface area (Å²) in [5.41, 5.74) is 5.51. The minimum atomic E-state index is -0.441. The fourth-order valence-electron chi connectivity index (χ4n) is 3.42. The molecule has 0 aliphatic rings. The van der Waals surface area contributed by atoms with Crippen LogP contribution in [0.15, 0.2) is 102 Å². The molecule has 0 aliphatic heterocycles. The van der Waals surface area contributed by atoms with E-state index in [2.05, 4.69) is 10.5 Å². The summed E-state index contributed by atoms with van der Waals surface area (Å²) in [4.78, 5) is 22.8. The normalized spacial score (nSPS) is 10.7. The van der Waals surface area contributed by atoms with Crippen molar-refractivity contribution in [2.45, 2.75) is 13.2 Å². The van der Waals surface area contributed by atoms with Gasteiger partial charge in [-0.1, -0.05) is 30.3 Å². The summed E-state index contributed by atoms with van der Waals surface area (Å²) in [6.07, 6.45) is 1.52. The maximum absolute atomic E-state index is 12.5. The third-order valence-corrected chi connectivity index (χ3v) is 5.48. The van der Waals surface area contributed by atoms with Crippen molar-refractivity contribution in [3.05, 3.63) is 129 Å². The fourth-order valence-corrected chi connectivity index (χ4v) is 3.42. The molecule has 9 nitrogen and oxygen atoms in total. The van der Waals surface area contributed by atoms with Gasteiger partial charge in [0.15, 0.2) is 11.5 Å². The lowest BCUT2D eigenvalue weighted by Crippen LogP contribution is -2.17. The zero-order valence-corrected chi connectivity index (χ0v) is 20.6. The lowest BCUT2D eigenvalue weighted by atomic mass is 10.2. The Balaban J connectivity index is 1.28. The third-order valence-electron chi connectivity index (χ3n) is 5.48. The largest absolute Gasteiger partial charge is 0.493 e. The van der Waals surface area contributed by atoms with Crippen molar-refractivity contribution < 1.29 is 23.9 Å². The quantitative estimate of drug-likeness (QED) is 0.161. The van der Waals surface area contributed by atoms with E-state index in [1.54, 1.807) is 54.6 Å². The van der Waals surface area contributed by atoms with Gasteiger partial charge in [-0.25, -0.2) is 5.43 Å². The second-order valence-electron chi connectivity index (χ2n) is 8.12. The summed E-state index contributed by atoms with van der Waals surface area (Å²) in [7, 11) is 1.52. The molecule has 4 aromatic rings. The van der Waals surface area contributed by atoms with Crippen molar-refractivity contribution in [3.63, 3.8) is 0 Å². The molecule has 0 spiro atoms. The van der Waals surface area contributed by atoms with Crippen LogP contribution in [0.25, 0.3) is 0 Å². The van der Waals surface area contributed by atoms with Crippen molar-refractivity contribution in [1.29, 1.82) is 0 Å². The molecule has 192 valence electrons. The summed E-state index contributed by atoms with van der Waals surface area (Å²) in [5, 5.41) is 14.8. The number of hydrogen-bond donors (Lipinski definition) is 1. The number of rotatable bonds is 11. The smallest absolute Gasteiger partial charge is 0.271 e. The number of carbonyl (C=O) groups is 1. The van der Waals surface area contributed by atoms with Crippen LogP contribution in [-0.4, -0.2) is 24.2 Å². The van der Waals surface area contributed by atoms with E-state index in [1.807, 2.05) is 30.3 Å². The van der Waals surface area contributed by atoms with E-state index in [-0.39, 0.29) is 12.3 Å². The summed E-state index contributed by atoms with van der Waals surface area (Å²) >= 11 is 0. The molecule has 9 heteroatoms. The van der Waals surface area contributed by atoms with Gasteiger partial charge in [0.2, 0.25) is 0 Å². The van der Waals surface area contributed by atoms with Crippen LogP contribution in [0.2, 0.25) is 0 Å². The minimum absolute atomic E-state index is 0.0356. The standard InChI is InChI=1S/C29H25N3O6/c1-36-28-17-24(11-16-27(28)38-20-22-5-3-2-4-6-22)29(33)31-30-18-21-9-14-26(15-10-21)37-19-23-7-12-25(13-8-23)32(34)35/h2-18H,19-20H2,1H3,(H,31,33)/b30-18+. The van der Waals surface area contributed by atoms with Crippen molar-refractivity contribution in [3.8, 4) is 17.2 Å². The number of benzene rings is 4. The summed E-state index contributed by atoms with van der Waals surface area (Å²) in [6.45, 7) is 0.662. The first kappa shape index (κ1) is 25.9. The average molecular weight is 512 g/mol. The Labute approximate surface area is 219 Å². The van der Waals surface area contributed by atoms with Gasteiger partial charge >= 0.3 is 0 Å². The molecule has 38 heavy (non-hydrogen) atoms. The van der Waals surface area contributed by atoms with E-state index >= 15 is 0 Å². The monoisotopic (exact) mass is 511 g/mol. The van der Waals surface area contributed by atoms with Gasteiger partial charge in [-0.3, -0.25) is 14.9 Å². The number of non-ortho nitro benzene ring substituents is 1. The molecular weight excluding hydrogens is 486 g/mol. The van der Waals surface area contributed by atoms with E-state index in [0.717, 1.165) is 16.7 Å². The Hall–Kier alpha value is -5.18. The van der Waals surface area contributed by atoms with Gasteiger partial charge in [-0.15, -0.1) is 0 Å². The number of methoxy groups -OCH3 is 1. The predicted molar refractivity (Wildman–Crippen MR) is 143 cm³/mol. The molecule has 1 N–H and O–H groups in total. The van der Waals surface area contributed by atoms with Crippen molar-refractivity contribution >= 4 is 17.8 Å². The molecule has 0 unspecified atom stereocenters. The Morgan fingerprint density at radius 3 is 2.24 bits per heavy atom. The van der Waals surface area contributed by atoms with Gasteiger partial charge in [0.05, 0.1) is 18.2 Å². The first-order valence-electron chi connectivity index (χ1n) is 11.7. The zero-order valence-electron chi connectivity index (χ0n) is 20.6. The number of hydrazone groups is 1. The maximum Gasteiger partial charge on any atom is 0.271 e. The first-order valence-corrected chi connectivity index (χ1v) is 11.7. The summed E-state index contributed by atoms with van der Waals surface area (Å²) in [5.74, 6) is 1.22. The van der Waals surface area contributed by atoms with E-state index < -0.39 is 10.8 Å². The number of carbonyl (C=O) groups excluding carboxylic acids is 1. The van der Waals surface area contributed by atoms with Crippen LogP contribution in [0.3, 0.4) is 0 Å². The Morgan fingerprint density at radius 2 is 1.55 bits per heavy atom. The Morgan fingerprint density at radius 1 is 0.868 bits per heavy atom. The molecule has 0 heterocycles. The Bertz CT molecular complexity index is 1400. The van der Waals surface area contributed by atoms with Gasteiger partial charge in [-0.2, -0.15) is 5.10 Å². The topological polar surface area (TPSA) is 112 Å². The molecular formula is C29H25N3O6. The molecule has 0 atom stereocenters. The van der Waals surface area contributed by atoms with E-state index in [9.17, 15) is 14.9 Å². The third kappa shape index (κ3) is 7.17. The molecule has 0 saturated carbocycles. The van der Waals surface area contributed by atoms with Crippen LogP contribution in [0.5, 0.6) is 17.2 Å². The molecule has 4 aromatic carbocycles. The number of nitro benzene ring substituents is 1. The SMILES string of the molecule is COc1cc(C(=O)N/N=C/c2ccc(OCc3ccc([N+](=O)[O-])cc3)cc2)ccc1OCc1ccccc1. The number of nitrogens with one attached hydrogen (secondary N) is 1. The second-order valence-corrected chi connectivity index (χ2v) is 8.12. The highest BCUT2D eigenvalue weighted by Crippen LogP contribution is 2.29. The molecule has 1 amide bonds. The van der Waals surface area contributed by atoms with Crippen LogP contribution >= 0.6 is 0 Å². The zero-order chi connectivity index (χ0) is 26.7. The van der Waals surface area contributed by atoms with Gasteiger partial charge in [0, 0.05) is 17.7 Å². The molecule has 0 aromatic heterocycles. The van der Waals surface area contributed by atoms with E-state index in [4.69, 9.17) is 14.2 Å². The average Bonchev–Trinajstić information content (AvgIpc) is 2.96. The summed E-state index contributed by atoms with van der Waals surface area (Å²) in [6, 6.07) is 28.0. The molecule has 0 saturated heterocycles. The van der Waals surface area contributed by atoms with Crippen molar-refractivity contribution in [2.24, 2.45) is 5.10 Å². The lowest BCUT2D eigenvalue weighted by molar-refractivity contribution is -0.384. The Kier molecular flexibility index (Phi) is 8.64. The molecule has 0 aliphatic carbocycles. The molecule has 0 fully saturated rings. The highest BCUT2D eigenvalue weighted by molar-refractivity contribution is 5.95. The van der Waals surface area contributed by atoms with Gasteiger partial charge in [0.25, 0.3) is 11.6 Å². The molecule has 0 bridgehead atoms. The van der Waals surface area contributed by atoms with Crippen molar-refractivity contribution in [2.75, 3.05) is 7.11 Å². The van der Waals surface area contributed by atoms with Crippen LogP contribution < -0.4 is 19.6 Å². The number of nitrogens with zero attached hydrogens (tertiary/aromatic N) is 2. The number of ether oxygens (including phenoxy) is 3. The van der Waals surface area contributed by atoms with Gasteiger partial charge in [-0.05, 0) is 71.3 Å². The lowest BCUT2D eigenvalue weighted by Gasteiger charge is -2.12. The van der Waals surface area contributed by atoms with Gasteiger partial charge < -0.3 is 14.2 Å². The molecule has 0 radical (unpaired) electrons. The fraction of sp³-hybridized carbons (Fsp3) is 0.103. The van der Waals surface area contributed by atoms with Crippen LogP contribution in [0.4, 0.5) is 5.69 Å². The first-order chi connectivity index (χ1) is 18.5. The number of nitro groups is 1. The molecule has 4 rings (SSSR count). The minimum Gasteiger partial charge on any atom is -0.493 e. The summed E-state index contributed by atoms with van der Waals surface area (Å²) < 4.78 is 16.9. The van der Waals surface area contributed by atoms with E-state index in [1.165, 1.54) is 25.5 Å². The van der Waals surface area contributed by atoms with E-state index in [0.29, 0.717) is 29.4 Å². The van der Waals surface area contributed by atoms with Gasteiger partial charge in [0.1, 0.15) is 19.0 Å². The number of hydrogen-bond acceptors (Lipinski definition) is 7.